The standard InChI is InChI=1S/C19H12ClN3O4S/c20-11-5-7-13(15(9-11)23(25)26)18(24)21-10-12-6-8-16(27-12)19-22-14-3-1-2-4-17(14)28-19/h1-9H,10H2,(H,21,24). The van der Waals surface area contributed by atoms with Gasteiger partial charge in [-0.15, -0.1) is 11.3 Å². The highest BCUT2D eigenvalue weighted by atomic mass is 35.5. The van der Waals surface area contributed by atoms with Gasteiger partial charge in [-0.3, -0.25) is 14.9 Å². The highest BCUT2D eigenvalue weighted by Crippen LogP contribution is 2.31. The molecule has 140 valence electrons. The van der Waals surface area contributed by atoms with Crippen LogP contribution >= 0.6 is 22.9 Å². The molecule has 0 saturated heterocycles. The number of thiazole rings is 1. The van der Waals surface area contributed by atoms with E-state index in [1.165, 1.54) is 23.5 Å². The number of hydrogen-bond donors (Lipinski definition) is 1. The monoisotopic (exact) mass is 413 g/mol. The van der Waals surface area contributed by atoms with Crippen molar-refractivity contribution >= 4 is 44.7 Å². The van der Waals surface area contributed by atoms with Crippen LogP contribution in [0.25, 0.3) is 21.0 Å². The Labute approximate surface area is 167 Å². The summed E-state index contributed by atoms with van der Waals surface area (Å²) in [4.78, 5) is 27.4. The van der Waals surface area contributed by atoms with Crippen molar-refractivity contribution in [3.63, 3.8) is 0 Å². The first-order valence-electron chi connectivity index (χ1n) is 8.18. The van der Waals surface area contributed by atoms with Crippen LogP contribution in [0.3, 0.4) is 0 Å². The summed E-state index contributed by atoms with van der Waals surface area (Å²) in [6.45, 7) is 0.0868. The Morgan fingerprint density at radius 2 is 2.04 bits per heavy atom. The molecule has 0 bridgehead atoms. The fraction of sp³-hybridized carbons (Fsp3) is 0.0526. The Bertz CT molecular complexity index is 1170. The molecule has 0 atom stereocenters. The van der Waals surface area contributed by atoms with E-state index in [4.69, 9.17) is 16.0 Å². The molecule has 1 N–H and O–H groups in total. The molecule has 0 aliphatic carbocycles. The largest absolute Gasteiger partial charge is 0.457 e. The van der Waals surface area contributed by atoms with Gasteiger partial charge in [0.25, 0.3) is 11.6 Å². The van der Waals surface area contributed by atoms with Gasteiger partial charge < -0.3 is 9.73 Å². The van der Waals surface area contributed by atoms with Crippen LogP contribution in [-0.2, 0) is 6.54 Å². The van der Waals surface area contributed by atoms with Crippen molar-refractivity contribution in [1.82, 2.24) is 10.3 Å². The number of carbonyl (C=O) groups excluding carboxylic acids is 1. The molecule has 2 aromatic carbocycles. The number of para-hydroxylation sites is 1. The third-order valence-corrected chi connectivity index (χ3v) is 5.28. The van der Waals surface area contributed by atoms with Crippen LogP contribution in [0.1, 0.15) is 16.1 Å². The smallest absolute Gasteiger partial charge is 0.283 e. The van der Waals surface area contributed by atoms with Gasteiger partial charge in [0.1, 0.15) is 11.3 Å². The number of nitrogens with one attached hydrogen (secondary N) is 1. The van der Waals surface area contributed by atoms with E-state index in [-0.39, 0.29) is 22.8 Å². The Balaban J connectivity index is 1.49. The number of nitrogens with zero attached hydrogens (tertiary/aromatic N) is 2. The van der Waals surface area contributed by atoms with Gasteiger partial charge in [0.15, 0.2) is 10.8 Å². The number of carbonyl (C=O) groups is 1. The zero-order valence-corrected chi connectivity index (χ0v) is 15.8. The summed E-state index contributed by atoms with van der Waals surface area (Å²) >= 11 is 7.28. The molecule has 0 fully saturated rings. The molecule has 7 nitrogen and oxygen atoms in total. The normalized spacial score (nSPS) is 10.9. The van der Waals surface area contributed by atoms with Crippen LogP contribution in [-0.4, -0.2) is 15.8 Å². The van der Waals surface area contributed by atoms with Crippen molar-refractivity contribution < 1.29 is 14.1 Å². The predicted molar refractivity (Wildman–Crippen MR) is 107 cm³/mol. The summed E-state index contributed by atoms with van der Waals surface area (Å²) in [5.74, 6) is 0.531. The van der Waals surface area contributed by atoms with Crippen molar-refractivity contribution in [3.8, 4) is 10.8 Å². The van der Waals surface area contributed by atoms with Gasteiger partial charge in [0.05, 0.1) is 21.7 Å². The van der Waals surface area contributed by atoms with Crippen LogP contribution < -0.4 is 5.32 Å². The second-order valence-electron chi connectivity index (χ2n) is 5.85. The second-order valence-corrected chi connectivity index (χ2v) is 7.32. The summed E-state index contributed by atoms with van der Waals surface area (Å²) < 4.78 is 6.81. The number of aromatic nitrogens is 1. The van der Waals surface area contributed by atoms with Gasteiger partial charge in [-0.05, 0) is 36.4 Å². The molecule has 2 aromatic heterocycles. The van der Waals surface area contributed by atoms with Crippen molar-refractivity contribution in [2.45, 2.75) is 6.54 Å². The van der Waals surface area contributed by atoms with E-state index in [0.29, 0.717) is 11.5 Å². The second kappa shape index (κ2) is 7.41. The lowest BCUT2D eigenvalue weighted by atomic mass is 10.1. The van der Waals surface area contributed by atoms with Crippen LogP contribution in [0, 0.1) is 10.1 Å². The maximum absolute atomic E-state index is 12.3. The molecule has 0 aliphatic heterocycles. The number of halogens is 1. The van der Waals surface area contributed by atoms with E-state index in [0.717, 1.165) is 21.3 Å². The molecule has 0 saturated carbocycles. The number of amides is 1. The van der Waals surface area contributed by atoms with E-state index in [1.54, 1.807) is 12.1 Å². The minimum atomic E-state index is -0.640. The molecule has 0 radical (unpaired) electrons. The summed E-state index contributed by atoms with van der Waals surface area (Å²) in [5.41, 5.74) is 0.482. The highest BCUT2D eigenvalue weighted by Gasteiger charge is 2.20. The number of furan rings is 1. The maximum atomic E-state index is 12.3. The van der Waals surface area contributed by atoms with E-state index in [2.05, 4.69) is 10.3 Å². The number of hydrogen-bond acceptors (Lipinski definition) is 6. The van der Waals surface area contributed by atoms with Crippen molar-refractivity contribution in [2.24, 2.45) is 0 Å². The topological polar surface area (TPSA) is 98.3 Å². The summed E-state index contributed by atoms with van der Waals surface area (Å²) in [6, 6.07) is 15.2. The Kier molecular flexibility index (Phi) is 4.81. The summed E-state index contributed by atoms with van der Waals surface area (Å²) in [7, 11) is 0. The number of fused-ring (bicyclic) bond motifs is 1. The predicted octanol–water partition coefficient (Wildman–Crippen LogP) is 5.05. The minimum Gasteiger partial charge on any atom is -0.457 e. The zero-order chi connectivity index (χ0) is 19.7. The Hall–Kier alpha value is -3.23. The van der Waals surface area contributed by atoms with Gasteiger partial charge >= 0.3 is 0 Å². The van der Waals surface area contributed by atoms with Gasteiger partial charge in [-0.1, -0.05) is 23.7 Å². The first-order chi connectivity index (χ1) is 13.5. The van der Waals surface area contributed by atoms with Crippen molar-refractivity contribution in [1.29, 1.82) is 0 Å². The van der Waals surface area contributed by atoms with E-state index in [1.807, 2.05) is 24.3 Å². The number of nitro groups is 1. The lowest BCUT2D eigenvalue weighted by Crippen LogP contribution is -2.23. The third kappa shape index (κ3) is 3.60. The van der Waals surface area contributed by atoms with Gasteiger partial charge in [-0.2, -0.15) is 0 Å². The zero-order valence-electron chi connectivity index (χ0n) is 14.2. The first-order valence-corrected chi connectivity index (χ1v) is 9.37. The van der Waals surface area contributed by atoms with E-state index in [9.17, 15) is 14.9 Å². The SMILES string of the molecule is O=C(NCc1ccc(-c2nc3ccccc3s2)o1)c1ccc(Cl)cc1[N+](=O)[O-]. The molecule has 0 aliphatic rings. The van der Waals surface area contributed by atoms with Gasteiger partial charge in [-0.25, -0.2) is 4.98 Å². The van der Waals surface area contributed by atoms with Gasteiger partial charge in [0.2, 0.25) is 0 Å². The number of rotatable bonds is 5. The van der Waals surface area contributed by atoms with Crippen LogP contribution in [0.2, 0.25) is 5.02 Å². The molecule has 1 amide bonds. The molecular weight excluding hydrogens is 402 g/mol. The number of nitro benzene ring substituents is 1. The van der Waals surface area contributed by atoms with Crippen LogP contribution in [0.5, 0.6) is 0 Å². The summed E-state index contributed by atoms with van der Waals surface area (Å²) in [5, 5.41) is 14.7. The molecule has 4 aromatic rings. The van der Waals surface area contributed by atoms with Gasteiger partial charge in [0, 0.05) is 11.1 Å². The Morgan fingerprint density at radius 1 is 1.21 bits per heavy atom. The molecule has 28 heavy (non-hydrogen) atoms. The molecular formula is C19H12ClN3O4S. The fourth-order valence-corrected chi connectivity index (χ4v) is 3.77. The Morgan fingerprint density at radius 3 is 2.82 bits per heavy atom. The third-order valence-electron chi connectivity index (χ3n) is 3.99. The average molecular weight is 414 g/mol. The highest BCUT2D eigenvalue weighted by molar-refractivity contribution is 7.21. The summed E-state index contributed by atoms with van der Waals surface area (Å²) in [6.07, 6.45) is 0. The van der Waals surface area contributed by atoms with E-state index < -0.39 is 10.8 Å². The fourth-order valence-electron chi connectivity index (χ4n) is 2.68. The molecule has 2 heterocycles. The lowest BCUT2D eigenvalue weighted by molar-refractivity contribution is -0.385. The first kappa shape index (κ1) is 18.1. The number of benzene rings is 2. The molecule has 9 heteroatoms. The molecule has 0 unspecified atom stereocenters. The van der Waals surface area contributed by atoms with Crippen molar-refractivity contribution in [2.75, 3.05) is 0 Å². The van der Waals surface area contributed by atoms with E-state index >= 15 is 0 Å². The van der Waals surface area contributed by atoms with Crippen molar-refractivity contribution in [3.05, 3.63) is 81.1 Å². The minimum absolute atomic E-state index is 0.0626. The molecule has 4 rings (SSSR count). The molecule has 0 spiro atoms. The lowest BCUT2D eigenvalue weighted by Gasteiger charge is -2.04. The average Bonchev–Trinajstić information content (AvgIpc) is 3.32. The van der Waals surface area contributed by atoms with Crippen LogP contribution in [0.4, 0.5) is 5.69 Å². The quantitative estimate of drug-likeness (QED) is 0.364. The van der Waals surface area contributed by atoms with Crippen LogP contribution in [0.15, 0.2) is 59.0 Å². The maximum Gasteiger partial charge on any atom is 0.283 e.